The van der Waals surface area contributed by atoms with Crippen molar-refractivity contribution in [3.63, 3.8) is 0 Å². The molecule has 1 aromatic heterocycles. The molecule has 3 rings (SSSR count). The van der Waals surface area contributed by atoms with Crippen LogP contribution >= 0.6 is 23.2 Å². The maximum atomic E-state index is 12.3. The standard InChI is InChI=1S/C20H19Cl2NO2/c21-9-1-3-19(24)13-5-7-17-15(11-13)16-12-14(6-8-18(16)23-17)20(25)4-2-10-22/h5-8,11-12,23H,1-4,9-10H2. The normalized spacial score (nSPS) is 11.3. The number of rotatable bonds is 8. The fourth-order valence-electron chi connectivity index (χ4n) is 2.99. The number of ketones is 2. The Bertz CT molecular complexity index is 856. The van der Waals surface area contributed by atoms with E-state index in [9.17, 15) is 9.59 Å². The third-order valence-corrected chi connectivity index (χ3v) is 4.85. The van der Waals surface area contributed by atoms with Crippen molar-refractivity contribution in [1.82, 2.24) is 4.98 Å². The van der Waals surface area contributed by atoms with E-state index in [1.54, 1.807) is 0 Å². The lowest BCUT2D eigenvalue weighted by atomic mass is 10.0. The van der Waals surface area contributed by atoms with E-state index in [-0.39, 0.29) is 11.6 Å². The van der Waals surface area contributed by atoms with Gasteiger partial charge in [-0.2, -0.15) is 0 Å². The molecule has 0 fully saturated rings. The molecular formula is C20H19Cl2NO2. The Morgan fingerprint density at radius 3 is 1.60 bits per heavy atom. The summed E-state index contributed by atoms with van der Waals surface area (Å²) in [5, 5.41) is 1.91. The highest BCUT2D eigenvalue weighted by atomic mass is 35.5. The van der Waals surface area contributed by atoms with Crippen LogP contribution in [-0.4, -0.2) is 28.3 Å². The molecule has 3 aromatic rings. The van der Waals surface area contributed by atoms with Crippen molar-refractivity contribution in [3.8, 4) is 0 Å². The highest BCUT2D eigenvalue weighted by molar-refractivity contribution is 6.18. The highest BCUT2D eigenvalue weighted by Gasteiger charge is 2.12. The largest absolute Gasteiger partial charge is 0.355 e. The summed E-state index contributed by atoms with van der Waals surface area (Å²) >= 11 is 11.3. The molecule has 0 aliphatic rings. The third kappa shape index (κ3) is 3.88. The molecule has 0 radical (unpaired) electrons. The van der Waals surface area contributed by atoms with E-state index in [2.05, 4.69) is 4.98 Å². The first-order valence-electron chi connectivity index (χ1n) is 8.38. The van der Waals surface area contributed by atoms with Gasteiger partial charge < -0.3 is 4.98 Å². The fraction of sp³-hybridized carbons (Fsp3) is 0.300. The SMILES string of the molecule is O=C(CCCCl)c1ccc2[nH]c3ccc(C(=O)CCCCl)cc3c2c1. The Labute approximate surface area is 156 Å². The first-order valence-corrected chi connectivity index (χ1v) is 9.44. The number of fused-ring (bicyclic) bond motifs is 3. The smallest absolute Gasteiger partial charge is 0.162 e. The fourth-order valence-corrected chi connectivity index (χ4v) is 3.25. The number of carbonyl (C=O) groups is 2. The molecular weight excluding hydrogens is 357 g/mol. The van der Waals surface area contributed by atoms with Gasteiger partial charge in [-0.1, -0.05) is 0 Å². The minimum atomic E-state index is 0.0891. The molecule has 0 unspecified atom stereocenters. The Hall–Kier alpha value is -1.84. The first-order chi connectivity index (χ1) is 12.1. The van der Waals surface area contributed by atoms with Gasteiger partial charge in [0.25, 0.3) is 0 Å². The van der Waals surface area contributed by atoms with Gasteiger partial charge in [0.1, 0.15) is 0 Å². The lowest BCUT2D eigenvalue weighted by Gasteiger charge is -2.02. The molecule has 25 heavy (non-hydrogen) atoms. The molecule has 0 aliphatic heterocycles. The van der Waals surface area contributed by atoms with E-state index in [0.29, 0.717) is 48.6 Å². The van der Waals surface area contributed by atoms with Crippen LogP contribution in [0.3, 0.4) is 0 Å². The second-order valence-electron chi connectivity index (χ2n) is 6.08. The summed E-state index contributed by atoms with van der Waals surface area (Å²) < 4.78 is 0. The van der Waals surface area contributed by atoms with Gasteiger partial charge in [0.05, 0.1) is 0 Å². The third-order valence-electron chi connectivity index (χ3n) is 4.32. The average molecular weight is 376 g/mol. The summed E-state index contributed by atoms with van der Waals surface area (Å²) in [6.45, 7) is 0. The highest BCUT2D eigenvalue weighted by Crippen LogP contribution is 2.28. The van der Waals surface area contributed by atoms with Crippen molar-refractivity contribution in [3.05, 3.63) is 47.5 Å². The maximum Gasteiger partial charge on any atom is 0.162 e. The number of aromatic nitrogens is 1. The average Bonchev–Trinajstić information content (AvgIpc) is 3.01. The van der Waals surface area contributed by atoms with Gasteiger partial charge >= 0.3 is 0 Å². The van der Waals surface area contributed by atoms with Crippen molar-refractivity contribution in [2.24, 2.45) is 0 Å². The molecule has 130 valence electrons. The number of alkyl halides is 2. The molecule has 0 spiro atoms. The lowest BCUT2D eigenvalue weighted by molar-refractivity contribution is 0.0974. The van der Waals surface area contributed by atoms with E-state index in [4.69, 9.17) is 23.2 Å². The summed E-state index contributed by atoms with van der Waals surface area (Å²) in [7, 11) is 0. The van der Waals surface area contributed by atoms with Crippen LogP contribution in [0.2, 0.25) is 0 Å². The van der Waals surface area contributed by atoms with Crippen LogP contribution in [0.1, 0.15) is 46.4 Å². The van der Waals surface area contributed by atoms with E-state index in [1.807, 2.05) is 36.4 Å². The number of carbonyl (C=O) groups excluding carboxylic acids is 2. The monoisotopic (exact) mass is 375 g/mol. The molecule has 0 atom stereocenters. The van der Waals surface area contributed by atoms with E-state index >= 15 is 0 Å². The van der Waals surface area contributed by atoms with Gasteiger partial charge in [0.2, 0.25) is 0 Å². The van der Waals surface area contributed by atoms with Crippen molar-refractivity contribution in [2.45, 2.75) is 25.7 Å². The molecule has 0 bridgehead atoms. The molecule has 0 aliphatic carbocycles. The lowest BCUT2D eigenvalue weighted by Crippen LogP contribution is -1.99. The molecule has 0 amide bonds. The number of nitrogens with one attached hydrogen (secondary N) is 1. The number of H-pyrrole nitrogens is 1. The molecule has 5 heteroatoms. The van der Waals surface area contributed by atoms with E-state index in [0.717, 1.165) is 21.8 Å². The second kappa shape index (κ2) is 8.03. The second-order valence-corrected chi connectivity index (χ2v) is 6.83. The zero-order valence-electron chi connectivity index (χ0n) is 13.8. The number of benzene rings is 2. The minimum Gasteiger partial charge on any atom is -0.355 e. The topological polar surface area (TPSA) is 49.9 Å². The maximum absolute atomic E-state index is 12.3. The molecule has 0 saturated heterocycles. The molecule has 1 heterocycles. The number of hydrogen-bond acceptors (Lipinski definition) is 2. The Balaban J connectivity index is 2.01. The first kappa shape index (κ1) is 18.0. The van der Waals surface area contributed by atoms with Crippen molar-refractivity contribution < 1.29 is 9.59 Å². The number of Topliss-reactive ketones (excluding diaryl/α,β-unsaturated/α-hetero) is 2. The van der Waals surface area contributed by atoms with Crippen LogP contribution in [-0.2, 0) is 0 Å². The summed E-state index contributed by atoms with van der Waals surface area (Å²) in [5.74, 6) is 1.14. The van der Waals surface area contributed by atoms with Gasteiger partial charge in [-0.05, 0) is 49.2 Å². The van der Waals surface area contributed by atoms with Crippen molar-refractivity contribution in [2.75, 3.05) is 11.8 Å². The van der Waals surface area contributed by atoms with Gasteiger partial charge in [0, 0.05) is 57.5 Å². The van der Waals surface area contributed by atoms with Crippen LogP contribution in [0.4, 0.5) is 0 Å². The van der Waals surface area contributed by atoms with Crippen LogP contribution in [0, 0.1) is 0 Å². The summed E-state index contributed by atoms with van der Waals surface area (Å²) in [6.07, 6.45) is 2.23. The summed E-state index contributed by atoms with van der Waals surface area (Å²) in [5.41, 5.74) is 3.26. The van der Waals surface area contributed by atoms with Crippen LogP contribution in [0.25, 0.3) is 21.8 Å². The van der Waals surface area contributed by atoms with Gasteiger partial charge in [-0.3, -0.25) is 9.59 Å². The molecule has 0 saturated carbocycles. The zero-order valence-corrected chi connectivity index (χ0v) is 15.3. The predicted octanol–water partition coefficient (Wildman–Crippen LogP) is 5.72. The van der Waals surface area contributed by atoms with Crippen LogP contribution in [0.5, 0.6) is 0 Å². The predicted molar refractivity (Wildman–Crippen MR) is 104 cm³/mol. The molecule has 2 aromatic carbocycles. The summed E-state index contributed by atoms with van der Waals surface area (Å²) in [4.78, 5) is 27.9. The Morgan fingerprint density at radius 2 is 1.20 bits per heavy atom. The van der Waals surface area contributed by atoms with Gasteiger partial charge in [-0.25, -0.2) is 0 Å². The van der Waals surface area contributed by atoms with Gasteiger partial charge in [-0.15, -0.1) is 23.2 Å². The van der Waals surface area contributed by atoms with Crippen molar-refractivity contribution in [1.29, 1.82) is 0 Å². The molecule has 3 nitrogen and oxygen atoms in total. The number of aromatic amines is 1. The van der Waals surface area contributed by atoms with Crippen LogP contribution in [0.15, 0.2) is 36.4 Å². The quantitative estimate of drug-likeness (QED) is 0.404. The summed E-state index contributed by atoms with van der Waals surface area (Å²) in [6, 6.07) is 11.3. The van der Waals surface area contributed by atoms with E-state index in [1.165, 1.54) is 0 Å². The van der Waals surface area contributed by atoms with Crippen molar-refractivity contribution >= 4 is 56.6 Å². The van der Waals surface area contributed by atoms with Gasteiger partial charge in [0.15, 0.2) is 11.6 Å². The Kier molecular flexibility index (Phi) is 5.77. The van der Waals surface area contributed by atoms with E-state index < -0.39 is 0 Å². The zero-order chi connectivity index (χ0) is 17.8. The molecule has 1 N–H and O–H groups in total. The van der Waals surface area contributed by atoms with Crippen LogP contribution < -0.4 is 0 Å². The minimum absolute atomic E-state index is 0.0891. The number of hydrogen-bond donors (Lipinski definition) is 1. The Morgan fingerprint density at radius 1 is 0.760 bits per heavy atom. The number of halogens is 2.